The summed E-state index contributed by atoms with van der Waals surface area (Å²) in [4.78, 5) is 14.6. The highest BCUT2D eigenvalue weighted by molar-refractivity contribution is 5.72. The summed E-state index contributed by atoms with van der Waals surface area (Å²) in [5.74, 6) is 0.798. The van der Waals surface area contributed by atoms with Gasteiger partial charge in [0.1, 0.15) is 0 Å². The number of oxazole rings is 1. The summed E-state index contributed by atoms with van der Waals surface area (Å²) in [6.07, 6.45) is 5.15. The fraction of sp³-hybridized carbons (Fsp3) is 0.500. The van der Waals surface area contributed by atoms with Crippen LogP contribution in [0.3, 0.4) is 0 Å². The normalized spacial score (nSPS) is 28.6. The monoisotopic (exact) mass is 368 g/mol. The van der Waals surface area contributed by atoms with Crippen LogP contribution in [0.5, 0.6) is 0 Å². The van der Waals surface area contributed by atoms with Crippen molar-refractivity contribution in [1.82, 2.24) is 19.2 Å². The maximum Gasteiger partial charge on any atom is 0.419 e. The molecule has 7 nitrogen and oxygen atoms in total. The van der Waals surface area contributed by atoms with E-state index in [1.165, 1.54) is 0 Å². The number of aromatic nitrogens is 3. The van der Waals surface area contributed by atoms with Gasteiger partial charge in [0.2, 0.25) is 0 Å². The average Bonchev–Trinajstić information content (AvgIpc) is 3.37. The third-order valence-electron chi connectivity index (χ3n) is 6.26. The van der Waals surface area contributed by atoms with Gasteiger partial charge >= 0.3 is 5.76 Å². The number of hydrogen-bond acceptors (Lipinski definition) is 5. The molecule has 0 unspecified atom stereocenters. The smallest absolute Gasteiger partial charge is 0.408 e. The highest BCUT2D eigenvalue weighted by Gasteiger charge is 2.42. The molecule has 1 aliphatic heterocycles. The molecule has 3 aromatic rings. The first kappa shape index (κ1) is 16.8. The number of hydrogen-bond donors (Lipinski definition) is 1. The first-order chi connectivity index (χ1) is 13.2. The molecule has 0 radical (unpaired) electrons. The quantitative estimate of drug-likeness (QED) is 0.759. The second kappa shape index (κ2) is 6.65. The Bertz CT molecular complexity index is 977. The van der Waals surface area contributed by atoms with Crippen LogP contribution < -0.4 is 5.76 Å². The summed E-state index contributed by atoms with van der Waals surface area (Å²) in [5, 5.41) is 14.9. The molecule has 1 saturated carbocycles. The minimum Gasteiger partial charge on any atom is -0.408 e. The largest absolute Gasteiger partial charge is 0.419 e. The first-order valence-electron chi connectivity index (χ1n) is 9.67. The van der Waals surface area contributed by atoms with E-state index in [-0.39, 0.29) is 17.9 Å². The van der Waals surface area contributed by atoms with Gasteiger partial charge in [0.05, 0.1) is 17.7 Å². The van der Waals surface area contributed by atoms with Crippen LogP contribution in [-0.4, -0.2) is 50.1 Å². The zero-order valence-corrected chi connectivity index (χ0v) is 15.1. The van der Waals surface area contributed by atoms with Crippen molar-refractivity contribution in [3.63, 3.8) is 0 Å². The van der Waals surface area contributed by atoms with Gasteiger partial charge in [-0.15, -0.1) is 0 Å². The molecule has 2 aliphatic rings. The standard InChI is InChI=1S/C20H24N4O3/c25-18-11-15-13-22(12-14(15)10-17(18)24-7-3-6-21-24)8-9-23-16-4-1-2-5-19(16)27-20(23)26/h1-7,14-15,17-18,25H,8-13H2/t14-,15+,17-,18-/m1/s1. The lowest BCUT2D eigenvalue weighted by Crippen LogP contribution is -2.36. The van der Waals surface area contributed by atoms with Crippen molar-refractivity contribution in [3.05, 3.63) is 53.3 Å². The van der Waals surface area contributed by atoms with Crippen LogP contribution in [0.1, 0.15) is 18.9 Å². The molecule has 0 amide bonds. The number of benzene rings is 1. The molecule has 0 bridgehead atoms. The molecule has 2 fully saturated rings. The highest BCUT2D eigenvalue weighted by atomic mass is 16.4. The Morgan fingerprint density at radius 1 is 1.11 bits per heavy atom. The van der Waals surface area contributed by atoms with Crippen molar-refractivity contribution in [2.24, 2.45) is 11.8 Å². The van der Waals surface area contributed by atoms with Gasteiger partial charge in [-0.3, -0.25) is 9.25 Å². The van der Waals surface area contributed by atoms with Crippen LogP contribution in [0.4, 0.5) is 0 Å². The Kier molecular flexibility index (Phi) is 4.13. The maximum atomic E-state index is 12.1. The van der Waals surface area contributed by atoms with E-state index in [4.69, 9.17) is 4.42 Å². The molecule has 27 heavy (non-hydrogen) atoms. The third kappa shape index (κ3) is 3.00. The van der Waals surface area contributed by atoms with E-state index >= 15 is 0 Å². The molecule has 1 N–H and O–H groups in total. The van der Waals surface area contributed by atoms with Gasteiger partial charge in [-0.1, -0.05) is 12.1 Å². The Morgan fingerprint density at radius 3 is 2.74 bits per heavy atom. The number of aliphatic hydroxyl groups is 1. The van der Waals surface area contributed by atoms with Crippen LogP contribution in [0.2, 0.25) is 0 Å². The van der Waals surface area contributed by atoms with E-state index in [0.29, 0.717) is 24.0 Å². The minimum atomic E-state index is -0.341. The van der Waals surface area contributed by atoms with Gasteiger partial charge in [0, 0.05) is 38.6 Å². The van der Waals surface area contributed by atoms with Crippen molar-refractivity contribution in [3.8, 4) is 0 Å². The maximum absolute atomic E-state index is 12.1. The lowest BCUT2D eigenvalue weighted by molar-refractivity contribution is 0.0306. The molecule has 0 spiro atoms. The van der Waals surface area contributed by atoms with Crippen LogP contribution in [-0.2, 0) is 6.54 Å². The summed E-state index contributed by atoms with van der Waals surface area (Å²) in [7, 11) is 0. The number of nitrogens with zero attached hydrogens (tertiary/aromatic N) is 4. The van der Waals surface area contributed by atoms with E-state index in [2.05, 4.69) is 10.00 Å². The Balaban J connectivity index is 1.26. The Labute approximate surface area is 156 Å². The van der Waals surface area contributed by atoms with Gasteiger partial charge in [-0.25, -0.2) is 4.79 Å². The molecule has 1 aromatic carbocycles. The number of fused-ring (bicyclic) bond motifs is 2. The summed E-state index contributed by atoms with van der Waals surface area (Å²) in [6, 6.07) is 9.54. The van der Waals surface area contributed by atoms with Crippen LogP contribution in [0, 0.1) is 11.8 Å². The first-order valence-corrected chi connectivity index (χ1v) is 9.67. The predicted octanol–water partition coefficient (Wildman–Crippen LogP) is 1.73. The van der Waals surface area contributed by atoms with Crippen LogP contribution in [0.15, 0.2) is 51.9 Å². The van der Waals surface area contributed by atoms with Crippen molar-refractivity contribution in [1.29, 1.82) is 0 Å². The number of para-hydroxylation sites is 2. The number of rotatable bonds is 4. The molecule has 1 aliphatic carbocycles. The van der Waals surface area contributed by atoms with Gasteiger partial charge in [-0.05, 0) is 42.9 Å². The summed E-state index contributed by atoms with van der Waals surface area (Å²) < 4.78 is 8.95. The second-order valence-electron chi connectivity index (χ2n) is 7.86. The zero-order chi connectivity index (χ0) is 18.4. The van der Waals surface area contributed by atoms with Crippen molar-refractivity contribution >= 4 is 11.1 Å². The molecule has 3 heterocycles. The Hall–Kier alpha value is -2.38. The second-order valence-corrected chi connectivity index (χ2v) is 7.86. The van der Waals surface area contributed by atoms with Crippen LogP contribution in [0.25, 0.3) is 11.1 Å². The fourth-order valence-electron chi connectivity index (χ4n) is 4.92. The van der Waals surface area contributed by atoms with Crippen molar-refractivity contribution < 1.29 is 9.52 Å². The van der Waals surface area contributed by atoms with E-state index < -0.39 is 0 Å². The van der Waals surface area contributed by atoms with E-state index in [0.717, 1.165) is 38.0 Å². The fourth-order valence-corrected chi connectivity index (χ4v) is 4.92. The average molecular weight is 368 g/mol. The van der Waals surface area contributed by atoms with Gasteiger partial charge < -0.3 is 14.4 Å². The molecule has 7 heteroatoms. The SMILES string of the molecule is O=c1oc2ccccc2n1CCN1C[C@H]2C[C@@H](n3cccn3)[C@H](O)C[C@H]2C1. The van der Waals surface area contributed by atoms with Crippen molar-refractivity contribution in [2.45, 2.75) is 31.5 Å². The summed E-state index contributed by atoms with van der Waals surface area (Å²) in [5.41, 5.74) is 1.50. The van der Waals surface area contributed by atoms with E-state index in [1.807, 2.05) is 41.2 Å². The molecule has 5 rings (SSSR count). The lowest BCUT2D eigenvalue weighted by atomic mass is 9.77. The van der Waals surface area contributed by atoms with E-state index in [1.54, 1.807) is 10.8 Å². The third-order valence-corrected chi connectivity index (χ3v) is 6.26. The zero-order valence-electron chi connectivity index (χ0n) is 15.1. The summed E-state index contributed by atoms with van der Waals surface area (Å²) >= 11 is 0. The molecular weight excluding hydrogens is 344 g/mol. The molecule has 1 saturated heterocycles. The number of likely N-dealkylation sites (tertiary alicyclic amines) is 1. The molecule has 142 valence electrons. The lowest BCUT2D eigenvalue weighted by Gasteiger charge is -2.35. The Morgan fingerprint density at radius 2 is 1.93 bits per heavy atom. The topological polar surface area (TPSA) is 76.4 Å². The number of aliphatic hydroxyl groups excluding tert-OH is 1. The van der Waals surface area contributed by atoms with Gasteiger partial charge in [0.25, 0.3) is 0 Å². The van der Waals surface area contributed by atoms with Gasteiger partial charge in [0.15, 0.2) is 5.58 Å². The molecule has 4 atom stereocenters. The predicted molar refractivity (Wildman–Crippen MR) is 100 cm³/mol. The van der Waals surface area contributed by atoms with Gasteiger partial charge in [-0.2, -0.15) is 5.10 Å². The molecule has 2 aromatic heterocycles. The van der Waals surface area contributed by atoms with Crippen LogP contribution >= 0.6 is 0 Å². The minimum absolute atomic E-state index is 0.0710. The van der Waals surface area contributed by atoms with E-state index in [9.17, 15) is 9.90 Å². The highest BCUT2D eigenvalue weighted by Crippen LogP contribution is 2.40. The van der Waals surface area contributed by atoms with Crippen molar-refractivity contribution in [2.75, 3.05) is 19.6 Å². The summed E-state index contributed by atoms with van der Waals surface area (Å²) in [6.45, 7) is 3.44. The molecular formula is C20H24N4O3.